The first-order valence-electron chi connectivity index (χ1n) is 2.44. The molecule has 3 saturated heterocycles. The standard InChI is InChI=1S/3CO2P.3Na/c3*2-1-3-4-1;;;/q3*-1;3*+1. The Bertz CT molecular complexity index is 181. The van der Waals surface area contributed by atoms with Gasteiger partial charge in [-0.3, -0.25) is 14.4 Å². The van der Waals surface area contributed by atoms with E-state index in [2.05, 4.69) is 13.6 Å². The van der Waals surface area contributed by atoms with Crippen molar-refractivity contribution in [3.05, 3.63) is 0 Å². The smallest absolute Gasteiger partial charge is 0.654 e. The van der Waals surface area contributed by atoms with Crippen LogP contribution in [0.5, 0.6) is 0 Å². The van der Waals surface area contributed by atoms with E-state index in [0.717, 1.165) is 0 Å². The molecule has 66 valence electrons. The van der Waals surface area contributed by atoms with Gasteiger partial charge in [-0.1, -0.05) is 0 Å². The van der Waals surface area contributed by atoms with Crippen LogP contribution in [0.25, 0.3) is 0 Å². The van der Waals surface area contributed by atoms with Crippen molar-refractivity contribution in [2.24, 2.45) is 0 Å². The predicted octanol–water partition coefficient (Wildman–Crippen LogP) is -5.99. The molecule has 0 amide bonds. The average molecular weight is 294 g/mol. The largest absolute Gasteiger partial charge is 1.00 e. The van der Waals surface area contributed by atoms with Crippen molar-refractivity contribution in [3.63, 3.8) is 0 Å². The summed E-state index contributed by atoms with van der Waals surface area (Å²) in [4.78, 5) is 28.0. The van der Waals surface area contributed by atoms with Gasteiger partial charge < -0.3 is 13.6 Å². The third kappa shape index (κ3) is 26.4. The van der Waals surface area contributed by atoms with Crippen LogP contribution < -0.4 is 88.7 Å². The first-order chi connectivity index (χ1) is 5.68. The molecule has 3 aliphatic rings. The van der Waals surface area contributed by atoms with Crippen LogP contribution in [0.15, 0.2) is 0 Å². The molecule has 3 rings (SSSR count). The van der Waals surface area contributed by atoms with Gasteiger partial charge in [0, 0.05) is 0 Å². The Kier molecular flexibility index (Phi) is 20.0. The summed E-state index contributed by atoms with van der Waals surface area (Å²) in [7, 11) is 1.58. The first kappa shape index (κ1) is 22.8. The molecule has 0 atom stereocenters. The number of hydrogen-bond acceptors (Lipinski definition) is 6. The van der Waals surface area contributed by atoms with Crippen molar-refractivity contribution in [3.8, 4) is 0 Å². The molecule has 3 heterocycles. The number of carbonyl (C=O) groups is 3. The van der Waals surface area contributed by atoms with Gasteiger partial charge in [-0.25, -0.2) is 26.4 Å². The molecule has 3 fully saturated rings. The predicted molar refractivity (Wildman–Crippen MR) is 40.2 cm³/mol. The van der Waals surface area contributed by atoms with Crippen molar-refractivity contribution in [1.29, 1.82) is 0 Å². The Morgan fingerprint density at radius 2 is 0.667 bits per heavy atom. The van der Waals surface area contributed by atoms with Crippen LogP contribution in [0.1, 0.15) is 0 Å². The van der Waals surface area contributed by atoms with Gasteiger partial charge in [0.1, 0.15) is 0 Å². The zero-order chi connectivity index (χ0) is 8.97. The van der Waals surface area contributed by atoms with Gasteiger partial charge in [-0.05, 0) is 0 Å². The van der Waals surface area contributed by atoms with Crippen LogP contribution in [0.3, 0.4) is 0 Å². The molecule has 12 heteroatoms. The Labute approximate surface area is 158 Å². The van der Waals surface area contributed by atoms with Crippen molar-refractivity contribution in [2.45, 2.75) is 0 Å². The average Bonchev–Trinajstić information content (AvgIpc) is 2.63. The molecule has 0 aliphatic carbocycles. The summed E-state index contributed by atoms with van der Waals surface area (Å²) in [6, 6.07) is 0. The van der Waals surface area contributed by atoms with Crippen molar-refractivity contribution in [2.75, 3.05) is 0 Å². The monoisotopic (exact) mass is 294 g/mol. The summed E-state index contributed by atoms with van der Waals surface area (Å²) in [6.07, 6.45) is 0. The molecule has 0 aromatic carbocycles. The van der Waals surface area contributed by atoms with Crippen LogP contribution in [-0.4, -0.2) is 17.1 Å². The van der Waals surface area contributed by atoms with Crippen LogP contribution in [0.2, 0.25) is 0 Å². The Hall–Kier alpha value is 2.70. The second-order valence-electron chi connectivity index (χ2n) is 1.35. The summed E-state index contributed by atoms with van der Waals surface area (Å²) in [5.41, 5.74) is -0.333. The number of rotatable bonds is 0. The summed E-state index contributed by atoms with van der Waals surface area (Å²) >= 11 is 0. The molecule has 0 saturated carbocycles. The van der Waals surface area contributed by atoms with Crippen molar-refractivity contribution >= 4 is 43.6 Å². The van der Waals surface area contributed by atoms with E-state index in [1.165, 1.54) is 0 Å². The van der Waals surface area contributed by atoms with E-state index in [4.69, 9.17) is 0 Å². The van der Waals surface area contributed by atoms with Crippen LogP contribution in [0.4, 0.5) is 14.4 Å². The maximum absolute atomic E-state index is 9.32. The van der Waals surface area contributed by atoms with E-state index in [0.29, 0.717) is 26.4 Å². The maximum atomic E-state index is 9.32. The summed E-state index contributed by atoms with van der Waals surface area (Å²) < 4.78 is 12.1. The van der Waals surface area contributed by atoms with Gasteiger partial charge in [0.05, 0.1) is 0 Å². The molecule has 0 bridgehead atoms. The van der Waals surface area contributed by atoms with Crippen molar-refractivity contribution in [1.82, 2.24) is 0 Å². The Morgan fingerprint density at radius 3 is 0.667 bits per heavy atom. The maximum Gasteiger partial charge on any atom is 1.00 e. The molecule has 0 radical (unpaired) electrons. The number of hydrogen-bond donors (Lipinski definition) is 0. The molecule has 0 unspecified atom stereocenters. The van der Waals surface area contributed by atoms with Gasteiger partial charge >= 0.3 is 88.7 Å². The second kappa shape index (κ2) is 13.1. The number of carbonyl (C=O) groups excluding carboxylic acids is 3. The fourth-order valence-corrected chi connectivity index (χ4v) is 0.168. The molecular formula is C3Na3O6P3. The Morgan fingerprint density at radius 1 is 0.600 bits per heavy atom. The minimum absolute atomic E-state index is 0. The molecular weight excluding hydrogens is 294 g/mol. The molecule has 3 aliphatic heterocycles. The zero-order valence-electron chi connectivity index (χ0n) is 8.29. The SMILES string of the molecule is O=C1O[P-]1.O=C1O[P-]1.O=C1O[P-]1.[Na+].[Na+].[Na+]. The molecule has 0 aromatic rings. The fourth-order valence-electron chi connectivity index (χ4n) is 0.0559. The fraction of sp³-hybridized carbons (Fsp3) is 0. The van der Waals surface area contributed by atoms with E-state index in [1.807, 2.05) is 0 Å². The summed E-state index contributed by atoms with van der Waals surface area (Å²) in [5.74, 6) is 0. The van der Waals surface area contributed by atoms with Crippen LogP contribution >= 0.6 is 26.4 Å². The van der Waals surface area contributed by atoms with E-state index < -0.39 is 0 Å². The zero-order valence-corrected chi connectivity index (χ0v) is 17.0. The molecule has 0 spiro atoms. The van der Waals surface area contributed by atoms with E-state index >= 15 is 0 Å². The third-order valence-electron chi connectivity index (χ3n) is 0.497. The van der Waals surface area contributed by atoms with Gasteiger partial charge in [0.25, 0.3) is 0 Å². The summed E-state index contributed by atoms with van der Waals surface area (Å²) in [6.45, 7) is 0. The molecule has 6 nitrogen and oxygen atoms in total. The topological polar surface area (TPSA) is 88.8 Å². The van der Waals surface area contributed by atoms with E-state index in [-0.39, 0.29) is 106 Å². The normalized spacial score (nSPS) is 20.4. The quantitative estimate of drug-likeness (QED) is 0.251. The van der Waals surface area contributed by atoms with E-state index in [9.17, 15) is 14.4 Å². The van der Waals surface area contributed by atoms with Gasteiger partial charge in [0.15, 0.2) is 17.1 Å². The van der Waals surface area contributed by atoms with Crippen LogP contribution in [-0.2, 0) is 13.6 Å². The minimum Gasteiger partial charge on any atom is -0.654 e. The second-order valence-corrected chi connectivity index (χ2v) is 3.54. The van der Waals surface area contributed by atoms with Gasteiger partial charge in [-0.15, -0.1) is 0 Å². The minimum atomic E-state index is -0.111. The Balaban J connectivity index is -0.000000131. The molecule has 15 heavy (non-hydrogen) atoms. The molecule has 0 aromatic heterocycles. The van der Waals surface area contributed by atoms with E-state index in [1.54, 1.807) is 0 Å². The van der Waals surface area contributed by atoms with Crippen LogP contribution in [0, 0.1) is 0 Å². The first-order valence-corrected chi connectivity index (χ1v) is 4.88. The van der Waals surface area contributed by atoms with Gasteiger partial charge in [0.2, 0.25) is 0 Å². The van der Waals surface area contributed by atoms with Gasteiger partial charge in [-0.2, -0.15) is 0 Å². The summed E-state index contributed by atoms with van der Waals surface area (Å²) in [5, 5.41) is 0. The van der Waals surface area contributed by atoms with Crippen molar-refractivity contribution < 1.29 is 117 Å². The third-order valence-corrected chi connectivity index (χ3v) is 1.49. The molecule has 0 N–H and O–H groups in total.